The molecule has 2 heteroatoms. The highest BCUT2D eigenvalue weighted by molar-refractivity contribution is 5.37. The molecule has 0 radical (unpaired) electrons. The largest absolute Gasteiger partial charge is 0.300 e. The number of nitrogens with zero attached hydrogens (tertiary/aromatic N) is 2. The predicted molar refractivity (Wildman–Crippen MR) is 57.8 cm³/mol. The summed E-state index contributed by atoms with van der Waals surface area (Å²) < 4.78 is 0. The van der Waals surface area contributed by atoms with Gasteiger partial charge in [0.25, 0.3) is 0 Å². The van der Waals surface area contributed by atoms with Crippen LogP contribution < -0.4 is 0 Å². The van der Waals surface area contributed by atoms with E-state index in [0.717, 1.165) is 17.7 Å². The van der Waals surface area contributed by atoms with Gasteiger partial charge in [0, 0.05) is 12.6 Å². The van der Waals surface area contributed by atoms with Crippen molar-refractivity contribution in [2.75, 3.05) is 7.05 Å². The Morgan fingerprint density at radius 2 is 2.00 bits per heavy atom. The third-order valence-corrected chi connectivity index (χ3v) is 2.44. The van der Waals surface area contributed by atoms with Gasteiger partial charge in [0.15, 0.2) is 0 Å². The van der Waals surface area contributed by atoms with Gasteiger partial charge in [0.2, 0.25) is 0 Å². The van der Waals surface area contributed by atoms with Crippen LogP contribution in [-0.2, 0) is 6.54 Å². The van der Waals surface area contributed by atoms with E-state index in [0.29, 0.717) is 6.04 Å². The molecular formula is C12H16N2. The molecular weight excluding hydrogens is 172 g/mol. The molecule has 0 aliphatic rings. The van der Waals surface area contributed by atoms with Gasteiger partial charge in [-0.2, -0.15) is 5.26 Å². The van der Waals surface area contributed by atoms with Crippen LogP contribution in [0.1, 0.15) is 25.0 Å². The zero-order valence-corrected chi connectivity index (χ0v) is 8.99. The molecule has 14 heavy (non-hydrogen) atoms. The number of benzene rings is 1. The van der Waals surface area contributed by atoms with E-state index in [2.05, 4.69) is 31.9 Å². The number of nitriles is 1. The van der Waals surface area contributed by atoms with Crippen molar-refractivity contribution in [2.24, 2.45) is 0 Å². The summed E-state index contributed by atoms with van der Waals surface area (Å²) in [6.45, 7) is 5.13. The molecule has 2 nitrogen and oxygen atoms in total. The van der Waals surface area contributed by atoms with Crippen LogP contribution in [0.4, 0.5) is 0 Å². The molecule has 0 unspecified atom stereocenters. The monoisotopic (exact) mass is 188 g/mol. The molecule has 1 rings (SSSR count). The molecule has 0 heterocycles. The number of hydrogen-bond acceptors (Lipinski definition) is 2. The third kappa shape index (κ3) is 2.58. The highest BCUT2D eigenvalue weighted by Gasteiger charge is 2.06. The minimum Gasteiger partial charge on any atom is -0.300 e. The fourth-order valence-corrected chi connectivity index (χ4v) is 1.22. The van der Waals surface area contributed by atoms with Gasteiger partial charge in [0.1, 0.15) is 0 Å². The summed E-state index contributed by atoms with van der Waals surface area (Å²) in [4.78, 5) is 2.22. The van der Waals surface area contributed by atoms with E-state index >= 15 is 0 Å². The lowest BCUT2D eigenvalue weighted by Gasteiger charge is -2.21. The first kappa shape index (κ1) is 10.7. The summed E-state index contributed by atoms with van der Waals surface area (Å²) in [5.74, 6) is 0. The van der Waals surface area contributed by atoms with Crippen LogP contribution in [0, 0.1) is 11.3 Å². The van der Waals surface area contributed by atoms with Crippen LogP contribution in [0.25, 0.3) is 0 Å². The maximum Gasteiger partial charge on any atom is 0.0995 e. The first-order valence-electron chi connectivity index (χ1n) is 4.83. The number of rotatable bonds is 3. The van der Waals surface area contributed by atoms with E-state index in [9.17, 15) is 0 Å². The fraction of sp³-hybridized carbons (Fsp3) is 0.417. The highest BCUT2D eigenvalue weighted by atomic mass is 15.1. The maximum absolute atomic E-state index is 8.90. The first-order chi connectivity index (χ1) is 6.65. The SMILES string of the molecule is CC(C)N(C)Cc1ccccc1C#N. The molecule has 0 bridgehead atoms. The molecule has 0 aliphatic heterocycles. The summed E-state index contributed by atoms with van der Waals surface area (Å²) in [5, 5.41) is 8.90. The van der Waals surface area contributed by atoms with Gasteiger partial charge in [0.05, 0.1) is 11.6 Å². The normalized spacial score (nSPS) is 10.6. The summed E-state index contributed by atoms with van der Waals surface area (Å²) in [6, 6.07) is 10.5. The summed E-state index contributed by atoms with van der Waals surface area (Å²) in [5.41, 5.74) is 1.88. The predicted octanol–water partition coefficient (Wildman–Crippen LogP) is 2.40. The van der Waals surface area contributed by atoms with E-state index in [4.69, 9.17) is 5.26 Å². The summed E-state index contributed by atoms with van der Waals surface area (Å²) in [6.07, 6.45) is 0. The zero-order chi connectivity index (χ0) is 10.6. The van der Waals surface area contributed by atoms with E-state index in [1.54, 1.807) is 0 Å². The van der Waals surface area contributed by atoms with Crippen LogP contribution in [0.3, 0.4) is 0 Å². The van der Waals surface area contributed by atoms with Crippen molar-refractivity contribution in [3.63, 3.8) is 0 Å². The Kier molecular flexibility index (Phi) is 3.67. The van der Waals surface area contributed by atoms with Crippen molar-refractivity contribution in [1.29, 1.82) is 5.26 Å². The van der Waals surface area contributed by atoms with E-state index < -0.39 is 0 Å². The van der Waals surface area contributed by atoms with Gasteiger partial charge in [-0.1, -0.05) is 18.2 Å². The average Bonchev–Trinajstić information content (AvgIpc) is 2.18. The number of hydrogen-bond donors (Lipinski definition) is 0. The molecule has 0 N–H and O–H groups in total. The fourth-order valence-electron chi connectivity index (χ4n) is 1.22. The zero-order valence-electron chi connectivity index (χ0n) is 8.99. The smallest absolute Gasteiger partial charge is 0.0995 e. The van der Waals surface area contributed by atoms with Crippen LogP contribution in [-0.4, -0.2) is 18.0 Å². The average molecular weight is 188 g/mol. The Morgan fingerprint density at radius 1 is 1.36 bits per heavy atom. The lowest BCUT2D eigenvalue weighted by molar-refractivity contribution is 0.265. The van der Waals surface area contributed by atoms with Crippen molar-refractivity contribution >= 4 is 0 Å². The van der Waals surface area contributed by atoms with Crippen molar-refractivity contribution in [2.45, 2.75) is 26.4 Å². The Morgan fingerprint density at radius 3 is 2.57 bits per heavy atom. The maximum atomic E-state index is 8.90. The minimum absolute atomic E-state index is 0.502. The van der Waals surface area contributed by atoms with Crippen molar-refractivity contribution < 1.29 is 0 Å². The Bertz CT molecular complexity index is 336. The van der Waals surface area contributed by atoms with Crippen molar-refractivity contribution in [3.05, 3.63) is 35.4 Å². The summed E-state index contributed by atoms with van der Waals surface area (Å²) in [7, 11) is 2.07. The van der Waals surface area contributed by atoms with E-state index in [-0.39, 0.29) is 0 Å². The van der Waals surface area contributed by atoms with Crippen molar-refractivity contribution in [3.8, 4) is 6.07 Å². The van der Waals surface area contributed by atoms with Gasteiger partial charge in [-0.25, -0.2) is 0 Å². The second-order valence-electron chi connectivity index (χ2n) is 3.78. The lowest BCUT2D eigenvalue weighted by atomic mass is 10.1. The molecule has 0 fully saturated rings. The Hall–Kier alpha value is -1.33. The highest BCUT2D eigenvalue weighted by Crippen LogP contribution is 2.10. The molecule has 74 valence electrons. The molecule has 1 aromatic rings. The molecule has 0 spiro atoms. The Balaban J connectivity index is 2.82. The lowest BCUT2D eigenvalue weighted by Crippen LogP contribution is -2.25. The molecule has 1 aromatic carbocycles. The van der Waals surface area contributed by atoms with E-state index in [1.165, 1.54) is 0 Å². The molecule has 0 saturated carbocycles. The van der Waals surface area contributed by atoms with Crippen LogP contribution in [0.5, 0.6) is 0 Å². The molecule has 0 aromatic heterocycles. The molecule has 0 amide bonds. The minimum atomic E-state index is 0.502. The van der Waals surface area contributed by atoms with Gasteiger partial charge in [-0.15, -0.1) is 0 Å². The van der Waals surface area contributed by atoms with Crippen LogP contribution >= 0.6 is 0 Å². The standard InChI is InChI=1S/C12H16N2/c1-10(2)14(3)9-12-7-5-4-6-11(12)8-13/h4-7,10H,9H2,1-3H3. The molecule has 0 saturated heterocycles. The molecule has 0 atom stereocenters. The van der Waals surface area contributed by atoms with Crippen LogP contribution in [0.15, 0.2) is 24.3 Å². The second kappa shape index (κ2) is 4.78. The van der Waals surface area contributed by atoms with Gasteiger partial charge >= 0.3 is 0 Å². The van der Waals surface area contributed by atoms with Gasteiger partial charge < -0.3 is 0 Å². The third-order valence-electron chi connectivity index (χ3n) is 2.44. The second-order valence-corrected chi connectivity index (χ2v) is 3.78. The summed E-state index contributed by atoms with van der Waals surface area (Å²) >= 11 is 0. The van der Waals surface area contributed by atoms with Crippen molar-refractivity contribution in [1.82, 2.24) is 4.90 Å². The first-order valence-corrected chi connectivity index (χ1v) is 4.83. The topological polar surface area (TPSA) is 27.0 Å². The van der Waals surface area contributed by atoms with Crippen LogP contribution in [0.2, 0.25) is 0 Å². The van der Waals surface area contributed by atoms with Gasteiger partial charge in [-0.05, 0) is 32.5 Å². The Labute approximate surface area is 85.8 Å². The van der Waals surface area contributed by atoms with E-state index in [1.807, 2.05) is 24.3 Å². The quantitative estimate of drug-likeness (QED) is 0.728. The molecule has 0 aliphatic carbocycles. The van der Waals surface area contributed by atoms with Gasteiger partial charge in [-0.3, -0.25) is 4.90 Å².